The van der Waals surface area contributed by atoms with Crippen LogP contribution in [-0.2, 0) is 0 Å². The van der Waals surface area contributed by atoms with Crippen molar-refractivity contribution in [3.63, 3.8) is 0 Å². The third kappa shape index (κ3) is 1.91. The van der Waals surface area contributed by atoms with Crippen LogP contribution in [0.15, 0.2) is 18.2 Å². The summed E-state index contributed by atoms with van der Waals surface area (Å²) in [6.45, 7) is 4.36. The summed E-state index contributed by atoms with van der Waals surface area (Å²) in [4.78, 5) is 0. The first-order chi connectivity index (χ1) is 5.66. The van der Waals surface area contributed by atoms with E-state index >= 15 is 0 Å². The minimum atomic E-state index is 0.521. The zero-order valence-electron chi connectivity index (χ0n) is 7.60. The van der Waals surface area contributed by atoms with Gasteiger partial charge in [-0.05, 0) is 40.6 Å². The van der Waals surface area contributed by atoms with E-state index in [-0.39, 0.29) is 0 Å². The van der Waals surface area contributed by atoms with Gasteiger partial charge in [0.05, 0.1) is 7.11 Å². The molecule has 0 heterocycles. The maximum atomic E-state index is 5.28. The predicted molar refractivity (Wildman–Crippen MR) is 59.8 cm³/mol. The van der Waals surface area contributed by atoms with Gasteiger partial charge in [-0.25, -0.2) is 0 Å². The van der Waals surface area contributed by atoms with Crippen LogP contribution in [0.5, 0.6) is 5.75 Å². The third-order valence-electron chi connectivity index (χ3n) is 1.81. The zero-order valence-corrected chi connectivity index (χ0v) is 9.75. The Morgan fingerprint density at radius 2 is 2.00 bits per heavy atom. The molecular weight excluding hydrogens is 263 g/mol. The molecular formula is C10H13IO. The van der Waals surface area contributed by atoms with Gasteiger partial charge >= 0.3 is 0 Å². The fraction of sp³-hybridized carbons (Fsp3) is 0.400. The highest BCUT2D eigenvalue weighted by atomic mass is 127. The normalized spacial score (nSPS) is 10.4. The summed E-state index contributed by atoms with van der Waals surface area (Å²) >= 11 is 2.34. The summed E-state index contributed by atoms with van der Waals surface area (Å²) < 4.78 is 6.56. The van der Waals surface area contributed by atoms with Gasteiger partial charge in [-0.3, -0.25) is 0 Å². The Balaban J connectivity index is 3.20. The van der Waals surface area contributed by atoms with Crippen LogP contribution < -0.4 is 4.74 Å². The number of rotatable bonds is 2. The quantitative estimate of drug-likeness (QED) is 0.752. The maximum Gasteiger partial charge on any atom is 0.123 e. The van der Waals surface area contributed by atoms with Crippen LogP contribution in [-0.4, -0.2) is 7.11 Å². The first kappa shape index (κ1) is 9.84. The van der Waals surface area contributed by atoms with Crippen LogP contribution in [0.2, 0.25) is 0 Å². The van der Waals surface area contributed by atoms with Crippen LogP contribution in [0.25, 0.3) is 0 Å². The Hall–Kier alpha value is -0.250. The van der Waals surface area contributed by atoms with E-state index in [1.165, 1.54) is 9.13 Å². The molecule has 1 aromatic carbocycles. The topological polar surface area (TPSA) is 9.23 Å². The molecule has 0 bridgehead atoms. The van der Waals surface area contributed by atoms with E-state index in [0.717, 1.165) is 5.75 Å². The Kier molecular flexibility index (Phi) is 3.38. The van der Waals surface area contributed by atoms with Crippen molar-refractivity contribution in [2.45, 2.75) is 19.8 Å². The summed E-state index contributed by atoms with van der Waals surface area (Å²) in [6.07, 6.45) is 0. The zero-order chi connectivity index (χ0) is 9.14. The first-order valence-electron chi connectivity index (χ1n) is 3.99. The van der Waals surface area contributed by atoms with E-state index in [2.05, 4.69) is 42.5 Å². The highest BCUT2D eigenvalue weighted by Gasteiger charge is 2.09. The van der Waals surface area contributed by atoms with Crippen molar-refractivity contribution in [2.75, 3.05) is 7.11 Å². The highest BCUT2D eigenvalue weighted by Crippen LogP contribution is 2.30. The molecule has 0 N–H and O–H groups in total. The van der Waals surface area contributed by atoms with E-state index in [1.54, 1.807) is 7.11 Å². The van der Waals surface area contributed by atoms with Gasteiger partial charge in [0.1, 0.15) is 5.75 Å². The molecule has 0 amide bonds. The van der Waals surface area contributed by atoms with Crippen molar-refractivity contribution in [3.8, 4) is 5.75 Å². The van der Waals surface area contributed by atoms with E-state index in [0.29, 0.717) is 5.92 Å². The lowest BCUT2D eigenvalue weighted by atomic mass is 10.0. The average Bonchev–Trinajstić information content (AvgIpc) is 2.03. The van der Waals surface area contributed by atoms with Gasteiger partial charge in [-0.1, -0.05) is 19.9 Å². The van der Waals surface area contributed by atoms with Crippen LogP contribution in [0.3, 0.4) is 0 Å². The standard InChI is InChI=1S/C10H13IO/c1-7(2)10-8(11)5-4-6-9(10)12-3/h4-7H,1-3H3. The molecule has 12 heavy (non-hydrogen) atoms. The van der Waals surface area contributed by atoms with Crippen molar-refractivity contribution >= 4 is 22.6 Å². The second-order valence-corrected chi connectivity index (χ2v) is 4.17. The molecule has 0 aliphatic rings. The van der Waals surface area contributed by atoms with Gasteiger partial charge in [0.2, 0.25) is 0 Å². The molecule has 0 fully saturated rings. The van der Waals surface area contributed by atoms with Gasteiger partial charge in [0.15, 0.2) is 0 Å². The molecule has 66 valence electrons. The lowest BCUT2D eigenvalue weighted by molar-refractivity contribution is 0.407. The molecule has 1 rings (SSSR count). The van der Waals surface area contributed by atoms with Crippen molar-refractivity contribution in [3.05, 3.63) is 27.3 Å². The molecule has 0 saturated heterocycles. The number of halogens is 1. The van der Waals surface area contributed by atoms with Gasteiger partial charge in [-0.15, -0.1) is 0 Å². The van der Waals surface area contributed by atoms with Gasteiger partial charge in [-0.2, -0.15) is 0 Å². The number of benzene rings is 1. The minimum Gasteiger partial charge on any atom is -0.496 e. The molecule has 0 radical (unpaired) electrons. The summed E-state index contributed by atoms with van der Waals surface area (Å²) in [5, 5.41) is 0. The Morgan fingerprint density at radius 1 is 1.33 bits per heavy atom. The summed E-state index contributed by atoms with van der Waals surface area (Å²) in [7, 11) is 1.72. The molecule has 0 atom stereocenters. The highest BCUT2D eigenvalue weighted by molar-refractivity contribution is 14.1. The van der Waals surface area contributed by atoms with Crippen molar-refractivity contribution in [1.82, 2.24) is 0 Å². The Bertz CT molecular complexity index is 269. The molecule has 0 aromatic heterocycles. The van der Waals surface area contributed by atoms with Crippen molar-refractivity contribution < 1.29 is 4.74 Å². The molecule has 0 aliphatic heterocycles. The Labute approximate surface area is 87.3 Å². The van der Waals surface area contributed by atoms with E-state index < -0.39 is 0 Å². The minimum absolute atomic E-state index is 0.521. The second-order valence-electron chi connectivity index (χ2n) is 3.01. The lowest BCUT2D eigenvalue weighted by Gasteiger charge is -2.12. The third-order valence-corrected chi connectivity index (χ3v) is 2.75. The fourth-order valence-corrected chi connectivity index (χ4v) is 2.35. The van der Waals surface area contributed by atoms with Crippen LogP contribution in [0.4, 0.5) is 0 Å². The molecule has 0 saturated carbocycles. The van der Waals surface area contributed by atoms with Crippen molar-refractivity contribution in [2.24, 2.45) is 0 Å². The van der Waals surface area contributed by atoms with Gasteiger partial charge in [0.25, 0.3) is 0 Å². The van der Waals surface area contributed by atoms with E-state index in [1.807, 2.05) is 12.1 Å². The summed E-state index contributed by atoms with van der Waals surface area (Å²) in [5.41, 5.74) is 1.31. The molecule has 1 aromatic rings. The van der Waals surface area contributed by atoms with Crippen LogP contribution >= 0.6 is 22.6 Å². The molecule has 0 aliphatic carbocycles. The average molecular weight is 276 g/mol. The molecule has 1 nitrogen and oxygen atoms in total. The predicted octanol–water partition coefficient (Wildman–Crippen LogP) is 3.42. The number of hydrogen-bond acceptors (Lipinski definition) is 1. The van der Waals surface area contributed by atoms with E-state index in [4.69, 9.17) is 4.74 Å². The fourth-order valence-electron chi connectivity index (χ4n) is 1.26. The maximum absolute atomic E-state index is 5.28. The van der Waals surface area contributed by atoms with Gasteiger partial charge in [0, 0.05) is 9.13 Å². The summed E-state index contributed by atoms with van der Waals surface area (Å²) in [5.74, 6) is 1.52. The summed E-state index contributed by atoms with van der Waals surface area (Å²) in [6, 6.07) is 6.14. The molecule has 2 heteroatoms. The lowest BCUT2D eigenvalue weighted by Crippen LogP contribution is -1.96. The molecule has 0 spiro atoms. The van der Waals surface area contributed by atoms with Gasteiger partial charge < -0.3 is 4.74 Å². The smallest absolute Gasteiger partial charge is 0.123 e. The largest absolute Gasteiger partial charge is 0.496 e. The van der Waals surface area contributed by atoms with E-state index in [9.17, 15) is 0 Å². The number of ether oxygens (including phenoxy) is 1. The molecule has 0 unspecified atom stereocenters. The number of methoxy groups -OCH3 is 1. The SMILES string of the molecule is COc1cccc(I)c1C(C)C. The monoisotopic (exact) mass is 276 g/mol. The van der Waals surface area contributed by atoms with Crippen LogP contribution in [0, 0.1) is 3.57 Å². The Morgan fingerprint density at radius 3 is 2.42 bits per heavy atom. The number of hydrogen-bond donors (Lipinski definition) is 0. The second kappa shape index (κ2) is 4.12. The first-order valence-corrected chi connectivity index (χ1v) is 5.07. The van der Waals surface area contributed by atoms with Crippen LogP contribution in [0.1, 0.15) is 25.3 Å². The van der Waals surface area contributed by atoms with Crippen molar-refractivity contribution in [1.29, 1.82) is 0 Å².